The van der Waals surface area contributed by atoms with Crippen LogP contribution in [-0.2, 0) is 14.3 Å². The Morgan fingerprint density at radius 3 is 2.37 bits per heavy atom. The lowest BCUT2D eigenvalue weighted by atomic mass is 10.2. The molecule has 2 aromatic rings. The van der Waals surface area contributed by atoms with E-state index in [1.165, 1.54) is 38.5 Å². The third-order valence-corrected chi connectivity index (χ3v) is 4.26. The molecule has 7 nitrogen and oxygen atoms in total. The zero-order valence-electron chi connectivity index (χ0n) is 14.5. The van der Waals surface area contributed by atoms with Crippen LogP contribution in [0.15, 0.2) is 59.3 Å². The number of carbonyl (C=O) groups is 3. The molecular formula is C19H15ClN2O5. The Morgan fingerprint density at radius 1 is 1.04 bits per heavy atom. The number of carbonyl (C=O) groups excluding carboxylic acids is 3. The highest BCUT2D eigenvalue weighted by molar-refractivity contribution is 6.53. The van der Waals surface area contributed by atoms with Gasteiger partial charge >= 0.3 is 5.97 Å². The monoisotopic (exact) mass is 386 g/mol. The number of benzene rings is 2. The summed E-state index contributed by atoms with van der Waals surface area (Å²) in [5.74, 6) is -1.18. The molecule has 0 radical (unpaired) electrons. The van der Waals surface area contributed by atoms with Crippen molar-refractivity contribution in [2.24, 2.45) is 0 Å². The lowest BCUT2D eigenvalue weighted by molar-refractivity contribution is -0.120. The first-order valence-corrected chi connectivity index (χ1v) is 8.22. The highest BCUT2D eigenvalue weighted by atomic mass is 35.5. The fourth-order valence-corrected chi connectivity index (χ4v) is 2.77. The van der Waals surface area contributed by atoms with Gasteiger partial charge in [-0.1, -0.05) is 17.7 Å². The highest BCUT2D eigenvalue weighted by Crippen LogP contribution is 2.31. The number of nitrogens with one attached hydrogen (secondary N) is 1. The predicted octanol–water partition coefficient (Wildman–Crippen LogP) is 2.92. The standard InChI is InChI=1S/C19H15ClN2O5/c1-26-14-5-3-4-12(10-14)21-16-15(20)17(23)22(18(16)24)13-8-6-11(7-9-13)19(25)27-2/h3-10,21H,1-2H3. The number of hydrogen-bond acceptors (Lipinski definition) is 6. The normalized spacial score (nSPS) is 13.8. The molecule has 0 saturated carbocycles. The molecule has 27 heavy (non-hydrogen) atoms. The summed E-state index contributed by atoms with van der Waals surface area (Å²) in [5, 5.41) is 2.64. The van der Waals surface area contributed by atoms with E-state index in [-0.39, 0.29) is 10.7 Å². The summed E-state index contributed by atoms with van der Waals surface area (Å²) in [4.78, 5) is 37.7. The van der Waals surface area contributed by atoms with Crippen molar-refractivity contribution in [2.45, 2.75) is 0 Å². The fraction of sp³-hybridized carbons (Fsp3) is 0.105. The van der Waals surface area contributed by atoms with Crippen LogP contribution < -0.4 is 15.0 Å². The second-order valence-corrected chi connectivity index (χ2v) is 5.91. The average molecular weight is 387 g/mol. The van der Waals surface area contributed by atoms with E-state index < -0.39 is 17.8 Å². The first-order chi connectivity index (χ1) is 13.0. The molecule has 0 atom stereocenters. The van der Waals surface area contributed by atoms with Crippen LogP contribution in [0.5, 0.6) is 5.75 Å². The molecule has 0 unspecified atom stereocenters. The van der Waals surface area contributed by atoms with Gasteiger partial charge in [0, 0.05) is 11.8 Å². The number of nitrogens with zero attached hydrogens (tertiary/aromatic N) is 1. The van der Waals surface area contributed by atoms with Crippen LogP contribution in [-0.4, -0.2) is 32.0 Å². The van der Waals surface area contributed by atoms with Gasteiger partial charge in [0.1, 0.15) is 16.5 Å². The number of rotatable bonds is 5. The van der Waals surface area contributed by atoms with Crippen molar-refractivity contribution >= 4 is 40.8 Å². The summed E-state index contributed by atoms with van der Waals surface area (Å²) in [6.45, 7) is 0. The molecule has 0 fully saturated rings. The Kier molecular flexibility index (Phi) is 5.14. The third kappa shape index (κ3) is 3.50. The van der Waals surface area contributed by atoms with Crippen LogP contribution in [0.3, 0.4) is 0 Å². The molecule has 0 bridgehead atoms. The summed E-state index contributed by atoms with van der Waals surface area (Å²) in [7, 11) is 2.79. The zero-order chi connectivity index (χ0) is 19.6. The van der Waals surface area contributed by atoms with Crippen LogP contribution in [0.1, 0.15) is 10.4 Å². The third-order valence-electron chi connectivity index (χ3n) is 3.91. The van der Waals surface area contributed by atoms with Crippen LogP contribution in [0, 0.1) is 0 Å². The van der Waals surface area contributed by atoms with Gasteiger partial charge < -0.3 is 14.8 Å². The summed E-state index contributed by atoms with van der Waals surface area (Å²) in [5.41, 5.74) is 1.10. The van der Waals surface area contributed by atoms with Gasteiger partial charge in [0.25, 0.3) is 11.8 Å². The van der Waals surface area contributed by atoms with E-state index in [1.807, 2.05) is 0 Å². The predicted molar refractivity (Wildman–Crippen MR) is 99.8 cm³/mol. The molecular weight excluding hydrogens is 372 g/mol. The Balaban J connectivity index is 1.86. The zero-order valence-corrected chi connectivity index (χ0v) is 15.2. The molecule has 2 aromatic carbocycles. The Morgan fingerprint density at radius 2 is 1.74 bits per heavy atom. The van der Waals surface area contributed by atoms with E-state index in [0.29, 0.717) is 22.7 Å². The summed E-state index contributed by atoms with van der Waals surface area (Å²) < 4.78 is 9.76. The molecule has 2 amide bonds. The smallest absolute Gasteiger partial charge is 0.337 e. The number of amides is 2. The van der Waals surface area contributed by atoms with Gasteiger partial charge in [0.2, 0.25) is 0 Å². The van der Waals surface area contributed by atoms with Crippen molar-refractivity contribution < 1.29 is 23.9 Å². The Hall–Kier alpha value is -3.32. The number of methoxy groups -OCH3 is 2. The van der Waals surface area contributed by atoms with Gasteiger partial charge in [-0.2, -0.15) is 0 Å². The molecule has 1 aliphatic rings. The average Bonchev–Trinajstić information content (AvgIpc) is 2.91. The van der Waals surface area contributed by atoms with E-state index in [0.717, 1.165) is 4.90 Å². The van der Waals surface area contributed by atoms with E-state index >= 15 is 0 Å². The molecule has 0 aliphatic carbocycles. The second-order valence-electron chi connectivity index (χ2n) is 5.53. The maximum Gasteiger partial charge on any atom is 0.337 e. The van der Waals surface area contributed by atoms with E-state index in [2.05, 4.69) is 10.1 Å². The van der Waals surface area contributed by atoms with Gasteiger partial charge in [0.15, 0.2) is 0 Å². The first kappa shape index (κ1) is 18.5. The van der Waals surface area contributed by atoms with Gasteiger partial charge in [-0.3, -0.25) is 9.59 Å². The van der Waals surface area contributed by atoms with Crippen molar-refractivity contribution in [3.05, 3.63) is 64.8 Å². The summed E-state index contributed by atoms with van der Waals surface area (Å²) in [6.07, 6.45) is 0. The molecule has 1 N–H and O–H groups in total. The Bertz CT molecular complexity index is 953. The van der Waals surface area contributed by atoms with E-state index in [1.54, 1.807) is 24.3 Å². The minimum Gasteiger partial charge on any atom is -0.497 e. The molecule has 1 aliphatic heterocycles. The number of esters is 1. The van der Waals surface area contributed by atoms with Gasteiger partial charge in [-0.15, -0.1) is 0 Å². The molecule has 8 heteroatoms. The number of anilines is 2. The van der Waals surface area contributed by atoms with E-state index in [4.69, 9.17) is 16.3 Å². The maximum atomic E-state index is 12.7. The summed E-state index contributed by atoms with van der Waals surface area (Å²) in [6, 6.07) is 12.7. The number of imide groups is 1. The van der Waals surface area contributed by atoms with Gasteiger partial charge in [-0.05, 0) is 36.4 Å². The van der Waals surface area contributed by atoms with Crippen LogP contribution >= 0.6 is 11.6 Å². The SMILES string of the molecule is COC(=O)c1ccc(N2C(=O)C(Cl)=C(Nc3cccc(OC)c3)C2=O)cc1. The lowest BCUT2D eigenvalue weighted by Crippen LogP contribution is -2.32. The first-order valence-electron chi connectivity index (χ1n) is 7.84. The molecule has 138 valence electrons. The van der Waals surface area contributed by atoms with Crippen LogP contribution in [0.4, 0.5) is 11.4 Å². The topological polar surface area (TPSA) is 84.9 Å². The number of ether oxygens (including phenoxy) is 2. The summed E-state index contributed by atoms with van der Waals surface area (Å²) >= 11 is 6.10. The minimum atomic E-state index is -0.655. The largest absolute Gasteiger partial charge is 0.497 e. The number of halogens is 1. The van der Waals surface area contributed by atoms with Gasteiger partial charge in [-0.25, -0.2) is 9.69 Å². The highest BCUT2D eigenvalue weighted by Gasteiger charge is 2.39. The van der Waals surface area contributed by atoms with Crippen molar-refractivity contribution in [1.82, 2.24) is 0 Å². The molecule has 0 spiro atoms. The minimum absolute atomic E-state index is 0.0352. The Labute approximate surface area is 160 Å². The van der Waals surface area contributed by atoms with E-state index in [9.17, 15) is 14.4 Å². The second kappa shape index (κ2) is 7.51. The number of hydrogen-bond donors (Lipinski definition) is 1. The van der Waals surface area contributed by atoms with Crippen molar-refractivity contribution in [3.63, 3.8) is 0 Å². The molecule has 0 saturated heterocycles. The lowest BCUT2D eigenvalue weighted by Gasteiger charge is -2.15. The molecule has 3 rings (SSSR count). The van der Waals surface area contributed by atoms with Crippen molar-refractivity contribution in [3.8, 4) is 5.75 Å². The molecule has 1 heterocycles. The quantitative estimate of drug-likeness (QED) is 0.628. The maximum absolute atomic E-state index is 12.7. The van der Waals surface area contributed by atoms with Crippen molar-refractivity contribution in [1.29, 1.82) is 0 Å². The van der Waals surface area contributed by atoms with Crippen molar-refractivity contribution in [2.75, 3.05) is 24.4 Å². The van der Waals surface area contributed by atoms with Crippen LogP contribution in [0.25, 0.3) is 0 Å². The van der Waals surface area contributed by atoms with Gasteiger partial charge in [0.05, 0.1) is 25.5 Å². The van der Waals surface area contributed by atoms with Crippen LogP contribution in [0.2, 0.25) is 0 Å². The molecule has 0 aromatic heterocycles. The fourth-order valence-electron chi connectivity index (χ4n) is 2.56.